The monoisotopic (exact) mass is 377 g/mol. The van der Waals surface area contributed by atoms with E-state index in [-0.39, 0.29) is 4.90 Å². The average Bonchev–Trinajstić information content (AvgIpc) is 2.66. The molecule has 1 aliphatic heterocycles. The van der Waals surface area contributed by atoms with Crippen LogP contribution >= 0.6 is 0 Å². The van der Waals surface area contributed by atoms with Crippen LogP contribution in [0.15, 0.2) is 47.4 Å². The zero-order chi connectivity index (χ0) is 18.9. The van der Waals surface area contributed by atoms with Crippen molar-refractivity contribution in [1.29, 1.82) is 0 Å². The van der Waals surface area contributed by atoms with Crippen LogP contribution in [-0.2, 0) is 21.1 Å². The van der Waals surface area contributed by atoms with Crippen LogP contribution in [0.2, 0.25) is 0 Å². The number of carbonyl (C=O) groups excluding carboxylic acids is 1. The quantitative estimate of drug-likeness (QED) is 0.769. The summed E-state index contributed by atoms with van der Waals surface area (Å²) < 4.78 is 44.0. The Labute approximate surface area is 152 Å². The number of rotatable bonds is 4. The highest BCUT2D eigenvalue weighted by molar-refractivity contribution is 7.92. The molecule has 1 aliphatic rings. The molecule has 0 fully saturated rings. The van der Waals surface area contributed by atoms with Crippen LogP contribution in [-0.4, -0.2) is 33.2 Å². The van der Waals surface area contributed by atoms with Gasteiger partial charge in [0.2, 0.25) is 5.91 Å². The van der Waals surface area contributed by atoms with Crippen LogP contribution in [0, 0.1) is 5.82 Å². The summed E-state index contributed by atoms with van der Waals surface area (Å²) in [7, 11) is -2.41. The smallest absolute Gasteiger partial charge is 0.245 e. The summed E-state index contributed by atoms with van der Waals surface area (Å²) in [5.74, 6) is -0.501. The third-order valence-corrected chi connectivity index (χ3v) is 6.68. The fourth-order valence-corrected chi connectivity index (χ4v) is 4.50. The van der Waals surface area contributed by atoms with Crippen molar-refractivity contribution in [3.63, 3.8) is 0 Å². The minimum atomic E-state index is -3.93. The molecule has 0 spiro atoms. The van der Waals surface area contributed by atoms with Crippen LogP contribution in [0.5, 0.6) is 5.75 Å². The SMILES string of the molecule is COc1cccc2c1N(C(=O)C(C)S(=O)(=O)c1ccc(F)cc1)CCC2. The van der Waals surface area contributed by atoms with Crippen molar-refractivity contribution in [2.24, 2.45) is 0 Å². The zero-order valence-electron chi connectivity index (χ0n) is 14.6. The molecule has 0 saturated heterocycles. The number of amides is 1. The van der Waals surface area contributed by atoms with Crippen LogP contribution in [0.3, 0.4) is 0 Å². The first-order valence-electron chi connectivity index (χ1n) is 8.33. The van der Waals surface area contributed by atoms with Crippen molar-refractivity contribution in [3.05, 3.63) is 53.8 Å². The summed E-state index contributed by atoms with van der Waals surface area (Å²) in [6.07, 6.45) is 1.55. The summed E-state index contributed by atoms with van der Waals surface area (Å²) in [5, 5.41) is -1.29. The standard InChI is InChI=1S/C19H20FNO4S/c1-13(26(23,24)16-10-8-15(20)9-11-16)19(22)21-12-4-6-14-5-3-7-17(25-2)18(14)21/h3,5,7-11,13H,4,6,12H2,1-2H3. The Morgan fingerprint density at radius 1 is 1.19 bits per heavy atom. The maximum absolute atomic E-state index is 13.1. The number of benzene rings is 2. The molecule has 0 radical (unpaired) electrons. The third-order valence-electron chi connectivity index (χ3n) is 4.62. The van der Waals surface area contributed by atoms with E-state index in [1.807, 2.05) is 12.1 Å². The van der Waals surface area contributed by atoms with Gasteiger partial charge >= 0.3 is 0 Å². The number of aryl methyl sites for hydroxylation is 1. The molecule has 2 aromatic carbocycles. The van der Waals surface area contributed by atoms with Gasteiger partial charge < -0.3 is 9.64 Å². The largest absolute Gasteiger partial charge is 0.495 e. The molecule has 0 N–H and O–H groups in total. The van der Waals surface area contributed by atoms with Crippen molar-refractivity contribution in [3.8, 4) is 5.75 Å². The zero-order valence-corrected chi connectivity index (χ0v) is 15.4. The number of hydrogen-bond acceptors (Lipinski definition) is 4. The van der Waals surface area contributed by atoms with Gasteiger partial charge in [0, 0.05) is 6.54 Å². The maximum atomic E-state index is 13.1. The van der Waals surface area contributed by atoms with E-state index in [0.717, 1.165) is 30.5 Å². The topological polar surface area (TPSA) is 63.7 Å². The van der Waals surface area contributed by atoms with Crippen molar-refractivity contribution < 1.29 is 22.3 Å². The van der Waals surface area contributed by atoms with E-state index in [2.05, 4.69) is 0 Å². The summed E-state index contributed by atoms with van der Waals surface area (Å²) in [4.78, 5) is 14.5. The van der Waals surface area contributed by atoms with Gasteiger partial charge in [-0.2, -0.15) is 0 Å². The third kappa shape index (κ3) is 3.19. The lowest BCUT2D eigenvalue weighted by Crippen LogP contribution is -2.44. The Kier molecular flexibility index (Phi) is 5.00. The molecule has 7 heteroatoms. The highest BCUT2D eigenvalue weighted by Crippen LogP contribution is 2.37. The Bertz CT molecular complexity index is 911. The maximum Gasteiger partial charge on any atom is 0.245 e. The molecule has 138 valence electrons. The number of nitrogens with zero attached hydrogens (tertiary/aromatic N) is 1. The minimum Gasteiger partial charge on any atom is -0.495 e. The fraction of sp³-hybridized carbons (Fsp3) is 0.316. The molecule has 3 rings (SSSR count). The first kappa shape index (κ1) is 18.4. The summed E-state index contributed by atoms with van der Waals surface area (Å²) >= 11 is 0. The summed E-state index contributed by atoms with van der Waals surface area (Å²) in [5.41, 5.74) is 1.59. The molecule has 1 amide bonds. The number of halogens is 1. The first-order chi connectivity index (χ1) is 12.4. The van der Waals surface area contributed by atoms with E-state index < -0.39 is 26.8 Å². The van der Waals surface area contributed by atoms with Crippen LogP contribution < -0.4 is 9.64 Å². The van der Waals surface area contributed by atoms with E-state index >= 15 is 0 Å². The van der Waals surface area contributed by atoms with Gasteiger partial charge in [0.25, 0.3) is 0 Å². The van der Waals surface area contributed by atoms with Gasteiger partial charge in [-0.15, -0.1) is 0 Å². The molecule has 1 atom stereocenters. The van der Waals surface area contributed by atoms with Crippen LogP contribution in [0.4, 0.5) is 10.1 Å². The van der Waals surface area contributed by atoms with Gasteiger partial charge in [-0.1, -0.05) is 12.1 Å². The van der Waals surface area contributed by atoms with E-state index in [1.165, 1.54) is 31.1 Å². The van der Waals surface area contributed by atoms with Gasteiger partial charge in [0.05, 0.1) is 17.7 Å². The van der Waals surface area contributed by atoms with Gasteiger partial charge in [0.15, 0.2) is 9.84 Å². The highest BCUT2D eigenvalue weighted by atomic mass is 32.2. The summed E-state index contributed by atoms with van der Waals surface area (Å²) in [6, 6.07) is 10.0. The second-order valence-electron chi connectivity index (χ2n) is 6.20. The van der Waals surface area contributed by atoms with Gasteiger partial charge in [-0.05, 0) is 55.7 Å². The predicted molar refractivity (Wildman–Crippen MR) is 96.7 cm³/mol. The fourth-order valence-electron chi connectivity index (χ4n) is 3.18. The van der Waals surface area contributed by atoms with Gasteiger partial charge in [0.1, 0.15) is 16.8 Å². The van der Waals surface area contributed by atoms with Crippen molar-refractivity contribution in [1.82, 2.24) is 0 Å². The molecule has 1 heterocycles. The second-order valence-corrected chi connectivity index (χ2v) is 8.47. The highest BCUT2D eigenvalue weighted by Gasteiger charge is 2.36. The lowest BCUT2D eigenvalue weighted by atomic mass is 10.0. The van der Waals surface area contributed by atoms with E-state index in [9.17, 15) is 17.6 Å². The number of carbonyl (C=O) groups is 1. The van der Waals surface area contributed by atoms with E-state index in [4.69, 9.17) is 4.74 Å². The Balaban J connectivity index is 1.97. The molecule has 26 heavy (non-hydrogen) atoms. The molecule has 5 nitrogen and oxygen atoms in total. The number of fused-ring (bicyclic) bond motifs is 1. The van der Waals surface area contributed by atoms with E-state index in [0.29, 0.717) is 18.0 Å². The first-order valence-corrected chi connectivity index (χ1v) is 9.87. The number of methoxy groups -OCH3 is 1. The number of ether oxygens (including phenoxy) is 1. The van der Waals surface area contributed by atoms with Crippen LogP contribution in [0.1, 0.15) is 18.9 Å². The van der Waals surface area contributed by atoms with Crippen LogP contribution in [0.25, 0.3) is 0 Å². The normalized spacial score (nSPS) is 15.3. The number of para-hydroxylation sites is 1. The lowest BCUT2D eigenvalue weighted by Gasteiger charge is -2.32. The summed E-state index contributed by atoms with van der Waals surface area (Å²) in [6.45, 7) is 1.79. The van der Waals surface area contributed by atoms with Crippen molar-refractivity contribution >= 4 is 21.4 Å². The molecule has 1 unspecified atom stereocenters. The predicted octanol–water partition coefficient (Wildman–Crippen LogP) is 2.98. The number of sulfone groups is 1. The Morgan fingerprint density at radius 3 is 2.54 bits per heavy atom. The second kappa shape index (κ2) is 7.07. The molecular weight excluding hydrogens is 357 g/mol. The van der Waals surface area contributed by atoms with Gasteiger partial charge in [-0.25, -0.2) is 12.8 Å². The molecule has 0 saturated carbocycles. The molecule has 0 bridgehead atoms. The molecule has 0 aromatic heterocycles. The number of anilines is 1. The van der Waals surface area contributed by atoms with Gasteiger partial charge in [-0.3, -0.25) is 4.79 Å². The van der Waals surface area contributed by atoms with Crippen molar-refractivity contribution in [2.75, 3.05) is 18.6 Å². The van der Waals surface area contributed by atoms with Crippen molar-refractivity contribution in [2.45, 2.75) is 29.9 Å². The average molecular weight is 377 g/mol. The minimum absolute atomic E-state index is 0.0722. The Morgan fingerprint density at radius 2 is 1.88 bits per heavy atom. The number of hydrogen-bond donors (Lipinski definition) is 0. The molecular formula is C19H20FNO4S. The Hall–Kier alpha value is -2.41. The molecule has 0 aliphatic carbocycles. The molecule has 2 aromatic rings. The lowest BCUT2D eigenvalue weighted by molar-refractivity contribution is -0.118. The van der Waals surface area contributed by atoms with E-state index in [1.54, 1.807) is 6.07 Å².